The van der Waals surface area contributed by atoms with Gasteiger partial charge in [-0.25, -0.2) is 0 Å². The van der Waals surface area contributed by atoms with Gasteiger partial charge < -0.3 is 15.0 Å². The lowest BCUT2D eigenvalue weighted by Crippen LogP contribution is -2.41. The summed E-state index contributed by atoms with van der Waals surface area (Å²) in [6.45, 7) is 8.53. The molecule has 0 aromatic heterocycles. The Hall–Kier alpha value is -2.37. The first kappa shape index (κ1) is 23.7. The predicted octanol–water partition coefficient (Wildman–Crippen LogP) is 3.01. The Morgan fingerprint density at radius 1 is 1.04 bits per heavy atom. The molecule has 28 heavy (non-hydrogen) atoms. The maximum Gasteiger partial charge on any atom is 0.325 e. The average molecular weight is 391 g/mol. The zero-order valence-electron chi connectivity index (χ0n) is 17.7. The highest BCUT2D eigenvalue weighted by molar-refractivity contribution is 5.87. The van der Waals surface area contributed by atoms with Gasteiger partial charge in [-0.05, 0) is 23.8 Å². The fourth-order valence-electron chi connectivity index (χ4n) is 3.03. The standard InChI is InChI=1S/C22H34N2O4/c1-16(2)11-19(22(27)23-5)12-20(25)24(13-17(3)4)14-21(26)28-15-18-9-7-6-8-10-18/h6-10,16-17,19H,11-15H2,1-5H3,(H,23,27). The zero-order valence-corrected chi connectivity index (χ0v) is 17.7. The van der Waals surface area contributed by atoms with E-state index in [1.807, 2.05) is 58.0 Å². The second-order valence-corrected chi connectivity index (χ2v) is 7.96. The van der Waals surface area contributed by atoms with E-state index >= 15 is 0 Å². The number of nitrogens with one attached hydrogen (secondary N) is 1. The third-order valence-corrected chi connectivity index (χ3v) is 4.29. The van der Waals surface area contributed by atoms with Crippen molar-refractivity contribution in [1.82, 2.24) is 10.2 Å². The molecule has 6 nitrogen and oxygen atoms in total. The number of amides is 2. The molecule has 0 aliphatic carbocycles. The SMILES string of the molecule is CNC(=O)C(CC(=O)N(CC(=O)OCc1ccccc1)CC(C)C)CC(C)C. The fourth-order valence-corrected chi connectivity index (χ4v) is 3.03. The smallest absolute Gasteiger partial charge is 0.325 e. The van der Waals surface area contributed by atoms with Crippen LogP contribution in [0.5, 0.6) is 0 Å². The van der Waals surface area contributed by atoms with E-state index in [-0.39, 0.29) is 37.3 Å². The molecule has 1 aromatic carbocycles. The largest absolute Gasteiger partial charge is 0.459 e. The number of hydrogen-bond donors (Lipinski definition) is 1. The molecule has 0 saturated carbocycles. The molecule has 6 heteroatoms. The van der Waals surface area contributed by atoms with Crippen LogP contribution in [0.25, 0.3) is 0 Å². The first-order valence-corrected chi connectivity index (χ1v) is 9.91. The van der Waals surface area contributed by atoms with Crippen molar-refractivity contribution in [3.63, 3.8) is 0 Å². The van der Waals surface area contributed by atoms with Crippen molar-refractivity contribution in [2.24, 2.45) is 17.8 Å². The fraction of sp³-hybridized carbons (Fsp3) is 0.591. The van der Waals surface area contributed by atoms with E-state index in [9.17, 15) is 14.4 Å². The minimum Gasteiger partial charge on any atom is -0.459 e. The van der Waals surface area contributed by atoms with Crippen LogP contribution in [0, 0.1) is 17.8 Å². The number of nitrogens with zero attached hydrogens (tertiary/aromatic N) is 1. The van der Waals surface area contributed by atoms with Crippen LogP contribution in [0.4, 0.5) is 0 Å². The van der Waals surface area contributed by atoms with Crippen LogP contribution >= 0.6 is 0 Å². The Balaban J connectivity index is 2.72. The summed E-state index contributed by atoms with van der Waals surface area (Å²) in [6, 6.07) is 9.42. The molecule has 0 heterocycles. The number of carbonyl (C=O) groups excluding carboxylic acids is 3. The van der Waals surface area contributed by atoms with Crippen molar-refractivity contribution in [1.29, 1.82) is 0 Å². The summed E-state index contributed by atoms with van der Waals surface area (Å²) in [5, 5.41) is 2.63. The lowest BCUT2D eigenvalue weighted by Gasteiger charge is -2.26. The average Bonchev–Trinajstić information content (AvgIpc) is 2.64. The zero-order chi connectivity index (χ0) is 21.1. The molecule has 0 aliphatic rings. The van der Waals surface area contributed by atoms with Gasteiger partial charge in [-0.1, -0.05) is 58.0 Å². The number of ether oxygens (including phenoxy) is 1. The third-order valence-electron chi connectivity index (χ3n) is 4.29. The highest BCUT2D eigenvalue weighted by atomic mass is 16.5. The van der Waals surface area contributed by atoms with E-state index < -0.39 is 11.9 Å². The van der Waals surface area contributed by atoms with Crippen LogP contribution in [0.1, 0.15) is 46.1 Å². The third kappa shape index (κ3) is 9.02. The summed E-state index contributed by atoms with van der Waals surface area (Å²) >= 11 is 0. The van der Waals surface area contributed by atoms with Gasteiger partial charge in [0.15, 0.2) is 0 Å². The number of carbonyl (C=O) groups is 3. The highest BCUT2D eigenvalue weighted by Gasteiger charge is 2.26. The molecule has 1 unspecified atom stereocenters. The summed E-state index contributed by atoms with van der Waals surface area (Å²) in [5.41, 5.74) is 0.897. The van der Waals surface area contributed by atoms with Crippen LogP contribution in [-0.2, 0) is 25.7 Å². The monoisotopic (exact) mass is 390 g/mol. The van der Waals surface area contributed by atoms with Crippen molar-refractivity contribution >= 4 is 17.8 Å². The van der Waals surface area contributed by atoms with Crippen molar-refractivity contribution in [3.8, 4) is 0 Å². The molecular formula is C22H34N2O4. The topological polar surface area (TPSA) is 75.7 Å². The summed E-state index contributed by atoms with van der Waals surface area (Å²) in [6.07, 6.45) is 0.718. The molecule has 0 spiro atoms. The summed E-state index contributed by atoms with van der Waals surface area (Å²) in [4.78, 5) is 38.8. The van der Waals surface area contributed by atoms with Gasteiger partial charge in [0, 0.05) is 25.9 Å². The number of esters is 1. The molecule has 0 radical (unpaired) electrons. The predicted molar refractivity (Wildman–Crippen MR) is 109 cm³/mol. The lowest BCUT2D eigenvalue weighted by molar-refractivity contribution is -0.151. The molecule has 0 bridgehead atoms. The van der Waals surface area contributed by atoms with Crippen LogP contribution in [0.2, 0.25) is 0 Å². The summed E-state index contributed by atoms with van der Waals surface area (Å²) in [5.74, 6) is -0.678. The van der Waals surface area contributed by atoms with Gasteiger partial charge in [0.2, 0.25) is 11.8 Å². The quantitative estimate of drug-likeness (QED) is 0.589. The first-order valence-electron chi connectivity index (χ1n) is 9.91. The number of hydrogen-bond acceptors (Lipinski definition) is 4. The molecular weight excluding hydrogens is 356 g/mol. The van der Waals surface area contributed by atoms with E-state index in [0.29, 0.717) is 18.9 Å². The van der Waals surface area contributed by atoms with E-state index in [4.69, 9.17) is 4.74 Å². The van der Waals surface area contributed by atoms with Crippen molar-refractivity contribution in [2.45, 2.75) is 47.1 Å². The van der Waals surface area contributed by atoms with Gasteiger partial charge >= 0.3 is 5.97 Å². The molecule has 1 atom stereocenters. The molecule has 0 fully saturated rings. The minimum absolute atomic E-state index is 0.0938. The van der Waals surface area contributed by atoms with Crippen molar-refractivity contribution in [3.05, 3.63) is 35.9 Å². The van der Waals surface area contributed by atoms with Gasteiger partial charge in [0.1, 0.15) is 13.2 Å². The molecule has 1 rings (SSSR count). The molecule has 0 aliphatic heterocycles. The van der Waals surface area contributed by atoms with Crippen LogP contribution in [0.15, 0.2) is 30.3 Å². The lowest BCUT2D eigenvalue weighted by atomic mass is 9.92. The second kappa shape index (κ2) is 12.2. The summed E-state index contributed by atoms with van der Waals surface area (Å²) in [7, 11) is 1.58. The Kier molecular flexibility index (Phi) is 10.3. The maximum absolute atomic E-state index is 12.8. The molecule has 156 valence electrons. The van der Waals surface area contributed by atoms with Gasteiger partial charge in [0.05, 0.1) is 0 Å². The van der Waals surface area contributed by atoms with Gasteiger partial charge in [-0.15, -0.1) is 0 Å². The van der Waals surface area contributed by atoms with Crippen molar-refractivity contribution in [2.75, 3.05) is 20.1 Å². The molecule has 0 saturated heterocycles. The minimum atomic E-state index is -0.446. The maximum atomic E-state index is 12.8. The summed E-state index contributed by atoms with van der Waals surface area (Å²) < 4.78 is 5.32. The van der Waals surface area contributed by atoms with E-state index in [1.165, 1.54) is 4.90 Å². The van der Waals surface area contributed by atoms with Gasteiger partial charge in [0.25, 0.3) is 0 Å². The highest BCUT2D eigenvalue weighted by Crippen LogP contribution is 2.18. The van der Waals surface area contributed by atoms with Crippen molar-refractivity contribution < 1.29 is 19.1 Å². The van der Waals surface area contributed by atoms with Crippen LogP contribution in [-0.4, -0.2) is 42.8 Å². The Labute approximate surface area is 168 Å². The van der Waals surface area contributed by atoms with E-state index in [1.54, 1.807) is 7.05 Å². The second-order valence-electron chi connectivity index (χ2n) is 7.96. The Bertz CT molecular complexity index is 629. The van der Waals surface area contributed by atoms with E-state index in [0.717, 1.165) is 5.56 Å². The molecule has 2 amide bonds. The first-order chi connectivity index (χ1) is 13.2. The Morgan fingerprint density at radius 3 is 2.21 bits per heavy atom. The van der Waals surface area contributed by atoms with Gasteiger partial charge in [-0.2, -0.15) is 0 Å². The Morgan fingerprint density at radius 2 is 1.68 bits per heavy atom. The van der Waals surface area contributed by atoms with Gasteiger partial charge in [-0.3, -0.25) is 14.4 Å². The molecule has 1 aromatic rings. The molecule has 1 N–H and O–H groups in total. The van der Waals surface area contributed by atoms with Crippen LogP contribution < -0.4 is 5.32 Å². The van der Waals surface area contributed by atoms with E-state index in [2.05, 4.69) is 5.32 Å². The number of rotatable bonds is 11. The number of benzene rings is 1. The normalized spacial score (nSPS) is 12.0. The van der Waals surface area contributed by atoms with Crippen LogP contribution in [0.3, 0.4) is 0 Å².